The predicted octanol–water partition coefficient (Wildman–Crippen LogP) is 3.27. The molecule has 21 heavy (non-hydrogen) atoms. The molecule has 0 aromatic heterocycles. The highest BCUT2D eigenvalue weighted by Gasteiger charge is 2.16. The van der Waals surface area contributed by atoms with E-state index in [4.69, 9.17) is 10.00 Å². The molecule has 0 fully saturated rings. The molecule has 1 amide bonds. The minimum Gasteiger partial charge on any atom is -0.480 e. The van der Waals surface area contributed by atoms with Crippen molar-refractivity contribution in [1.82, 2.24) is 0 Å². The number of nitriles is 1. The number of para-hydroxylation sites is 1. The van der Waals surface area contributed by atoms with Gasteiger partial charge in [-0.2, -0.15) is 5.26 Å². The van der Waals surface area contributed by atoms with Gasteiger partial charge in [0.25, 0.3) is 5.91 Å². The molecule has 4 heteroatoms. The number of carbonyl (C=O) groups excluding carboxylic acids is 1. The standard InChI is InChI=1S/C17H16N2O2/c1-12-7-9-15(10-8-12)19-17(20)13(2)21-16-6-4-3-5-14(16)11-18/h3-10,13H,1-2H3,(H,19,20)/t13-/m1/s1. The van der Waals surface area contributed by atoms with Crippen molar-refractivity contribution in [3.05, 3.63) is 59.7 Å². The molecule has 0 aliphatic rings. The Hall–Kier alpha value is -2.80. The fraction of sp³-hybridized carbons (Fsp3) is 0.176. The lowest BCUT2D eigenvalue weighted by molar-refractivity contribution is -0.122. The molecule has 0 bridgehead atoms. The second-order valence-corrected chi connectivity index (χ2v) is 4.72. The number of nitrogens with zero attached hydrogens (tertiary/aromatic N) is 1. The van der Waals surface area contributed by atoms with E-state index in [1.54, 1.807) is 31.2 Å². The molecule has 0 radical (unpaired) electrons. The Bertz CT molecular complexity index is 672. The Labute approximate surface area is 124 Å². The maximum absolute atomic E-state index is 12.1. The molecule has 0 spiro atoms. The summed E-state index contributed by atoms with van der Waals surface area (Å²) in [6, 6.07) is 16.4. The van der Waals surface area contributed by atoms with Crippen LogP contribution in [0.3, 0.4) is 0 Å². The molecule has 0 saturated carbocycles. The number of ether oxygens (including phenoxy) is 1. The highest BCUT2D eigenvalue weighted by atomic mass is 16.5. The Morgan fingerprint density at radius 1 is 1.19 bits per heavy atom. The Balaban J connectivity index is 2.03. The van der Waals surface area contributed by atoms with Crippen molar-refractivity contribution < 1.29 is 9.53 Å². The number of anilines is 1. The Morgan fingerprint density at radius 3 is 2.52 bits per heavy atom. The first-order chi connectivity index (χ1) is 10.1. The monoisotopic (exact) mass is 280 g/mol. The molecular formula is C17H16N2O2. The highest BCUT2D eigenvalue weighted by molar-refractivity contribution is 5.94. The number of nitrogens with one attached hydrogen (secondary N) is 1. The van der Waals surface area contributed by atoms with E-state index in [0.717, 1.165) is 11.3 Å². The van der Waals surface area contributed by atoms with Crippen molar-refractivity contribution in [2.45, 2.75) is 20.0 Å². The number of hydrogen-bond donors (Lipinski definition) is 1. The van der Waals surface area contributed by atoms with Crippen LogP contribution in [0.5, 0.6) is 5.75 Å². The average Bonchev–Trinajstić information content (AvgIpc) is 2.50. The van der Waals surface area contributed by atoms with Crippen molar-refractivity contribution in [2.24, 2.45) is 0 Å². The molecule has 2 rings (SSSR count). The van der Waals surface area contributed by atoms with E-state index in [1.807, 2.05) is 37.3 Å². The summed E-state index contributed by atoms with van der Waals surface area (Å²) < 4.78 is 5.56. The normalized spacial score (nSPS) is 11.3. The first-order valence-electron chi connectivity index (χ1n) is 6.63. The van der Waals surface area contributed by atoms with Gasteiger partial charge in [0, 0.05) is 5.69 Å². The number of rotatable bonds is 4. The van der Waals surface area contributed by atoms with Gasteiger partial charge >= 0.3 is 0 Å². The van der Waals surface area contributed by atoms with E-state index < -0.39 is 6.10 Å². The second kappa shape index (κ2) is 6.58. The molecule has 0 aliphatic heterocycles. The molecule has 0 unspecified atom stereocenters. The zero-order valence-electron chi connectivity index (χ0n) is 12.0. The summed E-state index contributed by atoms with van der Waals surface area (Å²) in [5, 5.41) is 11.8. The van der Waals surface area contributed by atoms with Gasteiger partial charge in [-0.25, -0.2) is 0 Å². The molecule has 0 saturated heterocycles. The van der Waals surface area contributed by atoms with Crippen LogP contribution in [0.1, 0.15) is 18.1 Å². The van der Waals surface area contributed by atoms with Gasteiger partial charge < -0.3 is 10.1 Å². The fourth-order valence-electron chi connectivity index (χ4n) is 1.79. The lowest BCUT2D eigenvalue weighted by Crippen LogP contribution is -2.30. The Kier molecular flexibility index (Phi) is 4.57. The molecule has 106 valence electrons. The van der Waals surface area contributed by atoms with Gasteiger partial charge in [-0.15, -0.1) is 0 Å². The summed E-state index contributed by atoms with van der Waals surface area (Å²) in [4.78, 5) is 12.1. The van der Waals surface area contributed by atoms with Crippen molar-refractivity contribution in [3.8, 4) is 11.8 Å². The van der Waals surface area contributed by atoms with Crippen LogP contribution in [0, 0.1) is 18.3 Å². The zero-order chi connectivity index (χ0) is 15.2. The van der Waals surface area contributed by atoms with E-state index in [-0.39, 0.29) is 5.91 Å². The van der Waals surface area contributed by atoms with Crippen molar-refractivity contribution in [1.29, 1.82) is 5.26 Å². The lowest BCUT2D eigenvalue weighted by atomic mass is 10.2. The van der Waals surface area contributed by atoms with Crippen molar-refractivity contribution in [2.75, 3.05) is 5.32 Å². The van der Waals surface area contributed by atoms with E-state index in [1.165, 1.54) is 0 Å². The van der Waals surface area contributed by atoms with Crippen LogP contribution < -0.4 is 10.1 Å². The van der Waals surface area contributed by atoms with Crippen LogP contribution in [0.2, 0.25) is 0 Å². The summed E-state index contributed by atoms with van der Waals surface area (Å²) in [5.41, 5.74) is 2.25. The van der Waals surface area contributed by atoms with Gasteiger partial charge in [0.15, 0.2) is 6.10 Å². The maximum Gasteiger partial charge on any atom is 0.265 e. The third-order valence-corrected chi connectivity index (χ3v) is 3.00. The van der Waals surface area contributed by atoms with Crippen LogP contribution in [0.25, 0.3) is 0 Å². The highest BCUT2D eigenvalue weighted by Crippen LogP contribution is 2.18. The minimum absolute atomic E-state index is 0.258. The summed E-state index contributed by atoms with van der Waals surface area (Å²) in [6.45, 7) is 3.63. The Morgan fingerprint density at radius 2 is 1.86 bits per heavy atom. The number of carbonyl (C=O) groups is 1. The van der Waals surface area contributed by atoms with Crippen molar-refractivity contribution >= 4 is 11.6 Å². The molecule has 2 aromatic carbocycles. The summed E-state index contributed by atoms with van der Waals surface area (Å²) >= 11 is 0. The third-order valence-electron chi connectivity index (χ3n) is 3.00. The molecule has 4 nitrogen and oxygen atoms in total. The second-order valence-electron chi connectivity index (χ2n) is 4.72. The maximum atomic E-state index is 12.1. The summed E-state index contributed by atoms with van der Waals surface area (Å²) in [7, 11) is 0. The first kappa shape index (κ1) is 14.6. The molecule has 2 aromatic rings. The SMILES string of the molecule is Cc1ccc(NC(=O)[C@@H](C)Oc2ccccc2C#N)cc1. The van der Waals surface area contributed by atoms with Gasteiger partial charge in [-0.1, -0.05) is 29.8 Å². The molecule has 0 heterocycles. The number of amides is 1. The van der Waals surface area contributed by atoms with Crippen LogP contribution in [-0.2, 0) is 4.79 Å². The van der Waals surface area contributed by atoms with Crippen molar-refractivity contribution in [3.63, 3.8) is 0 Å². The topological polar surface area (TPSA) is 62.1 Å². The van der Waals surface area contributed by atoms with Crippen LogP contribution >= 0.6 is 0 Å². The van der Waals surface area contributed by atoms with E-state index in [2.05, 4.69) is 5.32 Å². The van der Waals surface area contributed by atoms with Gasteiger partial charge in [0.2, 0.25) is 0 Å². The molecular weight excluding hydrogens is 264 g/mol. The predicted molar refractivity (Wildman–Crippen MR) is 81.1 cm³/mol. The quantitative estimate of drug-likeness (QED) is 0.935. The fourth-order valence-corrected chi connectivity index (χ4v) is 1.79. The molecule has 0 aliphatic carbocycles. The summed E-state index contributed by atoms with van der Waals surface area (Å²) in [6.07, 6.45) is -0.694. The smallest absolute Gasteiger partial charge is 0.265 e. The van der Waals surface area contributed by atoms with Gasteiger partial charge in [-0.05, 0) is 38.1 Å². The van der Waals surface area contributed by atoms with E-state index >= 15 is 0 Å². The average molecular weight is 280 g/mol. The number of aryl methyl sites for hydroxylation is 1. The largest absolute Gasteiger partial charge is 0.480 e. The number of hydrogen-bond acceptors (Lipinski definition) is 3. The third kappa shape index (κ3) is 3.83. The molecule has 1 atom stereocenters. The van der Waals surface area contributed by atoms with Gasteiger partial charge in [-0.3, -0.25) is 4.79 Å². The lowest BCUT2D eigenvalue weighted by Gasteiger charge is -2.15. The van der Waals surface area contributed by atoms with Crippen LogP contribution in [-0.4, -0.2) is 12.0 Å². The first-order valence-corrected chi connectivity index (χ1v) is 6.63. The summed E-state index contributed by atoms with van der Waals surface area (Å²) in [5.74, 6) is 0.151. The zero-order valence-corrected chi connectivity index (χ0v) is 12.0. The van der Waals surface area contributed by atoms with Gasteiger partial charge in [0.05, 0.1) is 5.56 Å². The van der Waals surface area contributed by atoms with E-state index in [9.17, 15) is 4.79 Å². The van der Waals surface area contributed by atoms with E-state index in [0.29, 0.717) is 11.3 Å². The number of benzene rings is 2. The molecule has 1 N–H and O–H groups in total. The minimum atomic E-state index is -0.694. The van der Waals surface area contributed by atoms with Gasteiger partial charge in [0.1, 0.15) is 11.8 Å². The van der Waals surface area contributed by atoms with Crippen LogP contribution in [0.15, 0.2) is 48.5 Å². The van der Waals surface area contributed by atoms with Crippen LogP contribution in [0.4, 0.5) is 5.69 Å².